The second-order valence-electron chi connectivity index (χ2n) is 6.15. The van der Waals surface area contributed by atoms with E-state index in [1.807, 2.05) is 4.90 Å². The van der Waals surface area contributed by atoms with Crippen LogP contribution in [0.5, 0.6) is 5.75 Å². The van der Waals surface area contributed by atoms with Crippen LogP contribution in [0.1, 0.15) is 41.9 Å². The summed E-state index contributed by atoms with van der Waals surface area (Å²) in [6.45, 7) is 3.49. The number of amides is 1. The largest absolute Gasteiger partial charge is 0.494 e. The normalized spacial score (nSPS) is 15.0. The van der Waals surface area contributed by atoms with Crippen LogP contribution in [0, 0.1) is 5.82 Å². The maximum atomic E-state index is 13.9. The fourth-order valence-electron chi connectivity index (χ4n) is 2.89. The lowest BCUT2D eigenvalue weighted by molar-refractivity contribution is 0.0935. The van der Waals surface area contributed by atoms with Gasteiger partial charge in [-0.05, 0) is 37.5 Å². The summed E-state index contributed by atoms with van der Waals surface area (Å²) >= 11 is 6.11. The number of carbonyl (C=O) groups is 1. The van der Waals surface area contributed by atoms with Gasteiger partial charge < -0.3 is 15.0 Å². The topological polar surface area (TPSA) is 67.3 Å². The number of rotatable bonds is 5. The Balaban J connectivity index is 1.76. The van der Waals surface area contributed by atoms with Crippen LogP contribution < -0.4 is 15.0 Å². The number of carbonyl (C=O) groups excluding carboxylic acids is 1. The van der Waals surface area contributed by atoms with Gasteiger partial charge in [-0.1, -0.05) is 17.7 Å². The van der Waals surface area contributed by atoms with Gasteiger partial charge in [-0.25, -0.2) is 14.4 Å². The summed E-state index contributed by atoms with van der Waals surface area (Å²) in [4.78, 5) is 23.2. The van der Waals surface area contributed by atoms with E-state index in [0.717, 1.165) is 25.9 Å². The Kier molecular flexibility index (Phi) is 5.56. The van der Waals surface area contributed by atoms with E-state index in [2.05, 4.69) is 15.3 Å². The molecular weight excluding hydrogens is 359 g/mol. The highest BCUT2D eigenvalue weighted by atomic mass is 35.5. The van der Waals surface area contributed by atoms with E-state index in [1.165, 1.54) is 25.4 Å². The molecule has 0 saturated carbocycles. The molecule has 0 aliphatic carbocycles. The number of halogens is 2. The van der Waals surface area contributed by atoms with E-state index in [1.54, 1.807) is 13.0 Å². The van der Waals surface area contributed by atoms with Gasteiger partial charge in [0.1, 0.15) is 0 Å². The number of ether oxygens (including phenoxy) is 1. The summed E-state index contributed by atoms with van der Waals surface area (Å²) in [7, 11) is 1.40. The molecule has 1 N–H and O–H groups in total. The van der Waals surface area contributed by atoms with Crippen LogP contribution in [0.2, 0.25) is 5.02 Å². The molecule has 1 fully saturated rings. The van der Waals surface area contributed by atoms with Crippen LogP contribution in [0.4, 0.5) is 10.3 Å². The zero-order chi connectivity index (χ0) is 18.7. The van der Waals surface area contributed by atoms with E-state index in [4.69, 9.17) is 16.3 Å². The van der Waals surface area contributed by atoms with E-state index < -0.39 is 17.8 Å². The van der Waals surface area contributed by atoms with Gasteiger partial charge in [0, 0.05) is 13.1 Å². The van der Waals surface area contributed by atoms with Crippen LogP contribution in [0.25, 0.3) is 0 Å². The number of hydrogen-bond donors (Lipinski definition) is 1. The standard InChI is InChI=1S/C18H20ClFN4O2/c1-11(12-5-6-15(26-2)14(20)9-12)22-17(25)16-13(19)10-21-18(23-16)24-7-3-4-8-24/h5-6,9-11H,3-4,7-8H2,1-2H3,(H,22,25). The first-order valence-electron chi connectivity index (χ1n) is 8.41. The molecule has 0 spiro atoms. The highest BCUT2D eigenvalue weighted by molar-refractivity contribution is 6.33. The zero-order valence-corrected chi connectivity index (χ0v) is 15.4. The Bertz CT molecular complexity index is 812. The molecule has 1 aliphatic heterocycles. The molecule has 0 bridgehead atoms. The van der Waals surface area contributed by atoms with Gasteiger partial charge >= 0.3 is 0 Å². The van der Waals surface area contributed by atoms with Crippen molar-refractivity contribution in [3.8, 4) is 5.75 Å². The van der Waals surface area contributed by atoms with E-state index >= 15 is 0 Å². The monoisotopic (exact) mass is 378 g/mol. The van der Waals surface area contributed by atoms with Gasteiger partial charge in [0.25, 0.3) is 5.91 Å². The maximum absolute atomic E-state index is 13.9. The van der Waals surface area contributed by atoms with Crippen molar-refractivity contribution < 1.29 is 13.9 Å². The summed E-state index contributed by atoms with van der Waals surface area (Å²) in [5, 5.41) is 2.98. The van der Waals surface area contributed by atoms with Crippen molar-refractivity contribution in [2.45, 2.75) is 25.8 Å². The van der Waals surface area contributed by atoms with Gasteiger partial charge in [0.2, 0.25) is 5.95 Å². The molecule has 8 heteroatoms. The van der Waals surface area contributed by atoms with Crippen molar-refractivity contribution >= 4 is 23.5 Å². The van der Waals surface area contributed by atoms with Crippen LogP contribution in [-0.2, 0) is 0 Å². The fraction of sp³-hybridized carbons (Fsp3) is 0.389. The quantitative estimate of drug-likeness (QED) is 0.864. The first-order valence-corrected chi connectivity index (χ1v) is 8.79. The third-order valence-electron chi connectivity index (χ3n) is 4.36. The molecule has 0 radical (unpaired) electrons. The molecule has 1 saturated heterocycles. The molecule has 1 unspecified atom stereocenters. The maximum Gasteiger partial charge on any atom is 0.272 e. The molecular formula is C18H20ClFN4O2. The molecule has 138 valence electrons. The number of methoxy groups -OCH3 is 1. The molecule has 1 amide bonds. The summed E-state index contributed by atoms with van der Waals surface area (Å²) in [6, 6.07) is 4.13. The van der Waals surface area contributed by atoms with Crippen molar-refractivity contribution in [2.24, 2.45) is 0 Å². The number of anilines is 1. The summed E-state index contributed by atoms with van der Waals surface area (Å²) < 4.78 is 18.8. The lowest BCUT2D eigenvalue weighted by Gasteiger charge is -2.18. The zero-order valence-electron chi connectivity index (χ0n) is 14.6. The van der Waals surface area contributed by atoms with Gasteiger partial charge in [0.05, 0.1) is 24.4 Å². The number of nitrogens with one attached hydrogen (secondary N) is 1. The summed E-state index contributed by atoms with van der Waals surface area (Å²) in [5.74, 6) is -0.259. The SMILES string of the molecule is COc1ccc(C(C)NC(=O)c2nc(N3CCCC3)ncc2Cl)cc1F. The fourth-order valence-corrected chi connectivity index (χ4v) is 3.06. The van der Waals surface area contributed by atoms with Crippen LogP contribution in [-0.4, -0.2) is 36.1 Å². The minimum absolute atomic E-state index is 0.115. The lowest BCUT2D eigenvalue weighted by Crippen LogP contribution is -2.29. The summed E-state index contributed by atoms with van der Waals surface area (Å²) in [6.07, 6.45) is 3.59. The molecule has 1 atom stereocenters. The van der Waals surface area contributed by atoms with Crippen LogP contribution >= 0.6 is 11.6 Å². The number of nitrogens with zero attached hydrogens (tertiary/aromatic N) is 3. The second kappa shape index (κ2) is 7.86. The molecule has 2 aromatic rings. The van der Waals surface area contributed by atoms with Crippen LogP contribution in [0.3, 0.4) is 0 Å². The van der Waals surface area contributed by atoms with Crippen molar-refractivity contribution in [2.75, 3.05) is 25.1 Å². The molecule has 3 rings (SSSR count). The molecule has 1 aromatic heterocycles. The third-order valence-corrected chi connectivity index (χ3v) is 4.64. The van der Waals surface area contributed by atoms with Crippen molar-refractivity contribution in [1.29, 1.82) is 0 Å². The lowest BCUT2D eigenvalue weighted by atomic mass is 10.1. The Morgan fingerprint density at radius 2 is 2.12 bits per heavy atom. The molecule has 26 heavy (non-hydrogen) atoms. The van der Waals surface area contributed by atoms with Crippen LogP contribution in [0.15, 0.2) is 24.4 Å². The Labute approximate surface area is 156 Å². The Morgan fingerprint density at radius 3 is 2.77 bits per heavy atom. The van der Waals surface area contributed by atoms with E-state index in [0.29, 0.717) is 11.5 Å². The predicted molar refractivity (Wildman–Crippen MR) is 97.3 cm³/mol. The molecule has 6 nitrogen and oxygen atoms in total. The second-order valence-corrected chi connectivity index (χ2v) is 6.56. The predicted octanol–water partition coefficient (Wildman–Crippen LogP) is 3.37. The van der Waals surface area contributed by atoms with Gasteiger partial charge in [-0.15, -0.1) is 0 Å². The van der Waals surface area contributed by atoms with Crippen molar-refractivity contribution in [3.05, 3.63) is 46.5 Å². The average Bonchev–Trinajstić information content (AvgIpc) is 3.16. The first-order chi connectivity index (χ1) is 12.5. The molecule has 2 heterocycles. The highest BCUT2D eigenvalue weighted by Crippen LogP contribution is 2.23. The van der Waals surface area contributed by atoms with E-state index in [-0.39, 0.29) is 16.5 Å². The number of hydrogen-bond acceptors (Lipinski definition) is 5. The van der Waals surface area contributed by atoms with Gasteiger partial charge in [0.15, 0.2) is 17.3 Å². The first kappa shape index (κ1) is 18.4. The van der Waals surface area contributed by atoms with Gasteiger partial charge in [-0.2, -0.15) is 0 Å². The molecule has 1 aromatic carbocycles. The Hall–Kier alpha value is -2.41. The van der Waals surface area contributed by atoms with Crippen molar-refractivity contribution in [1.82, 2.24) is 15.3 Å². The number of benzene rings is 1. The highest BCUT2D eigenvalue weighted by Gasteiger charge is 2.21. The minimum Gasteiger partial charge on any atom is -0.494 e. The minimum atomic E-state index is -0.484. The summed E-state index contributed by atoms with van der Waals surface area (Å²) in [5.41, 5.74) is 0.728. The smallest absolute Gasteiger partial charge is 0.272 e. The Morgan fingerprint density at radius 1 is 1.38 bits per heavy atom. The van der Waals surface area contributed by atoms with E-state index in [9.17, 15) is 9.18 Å². The number of aromatic nitrogens is 2. The average molecular weight is 379 g/mol. The van der Waals surface area contributed by atoms with Crippen molar-refractivity contribution in [3.63, 3.8) is 0 Å². The van der Waals surface area contributed by atoms with Gasteiger partial charge in [-0.3, -0.25) is 4.79 Å². The third kappa shape index (κ3) is 3.88. The molecule has 1 aliphatic rings.